The normalized spacial score (nSPS) is 18.1. The third kappa shape index (κ3) is 2.86. The van der Waals surface area contributed by atoms with Gasteiger partial charge < -0.3 is 14.4 Å². The number of hydrogen-bond acceptors (Lipinski definition) is 4. The highest BCUT2D eigenvalue weighted by atomic mass is 16.5. The SMILES string of the molecule is COc1ccc2c(c1)OC(C)(C)CN(C(=O)c1cnn3c1CCC3)C2. The number of carbonyl (C=O) groups excluding carboxylic acids is 1. The van der Waals surface area contributed by atoms with Gasteiger partial charge in [-0.2, -0.15) is 5.10 Å². The molecule has 0 atom stereocenters. The number of benzene rings is 1. The smallest absolute Gasteiger partial charge is 0.257 e. The Bertz CT molecular complexity index is 825. The topological polar surface area (TPSA) is 56.6 Å². The first kappa shape index (κ1) is 16.0. The third-order valence-electron chi connectivity index (χ3n) is 4.84. The van der Waals surface area contributed by atoms with Crippen molar-refractivity contribution in [1.29, 1.82) is 0 Å². The molecule has 0 unspecified atom stereocenters. The van der Waals surface area contributed by atoms with Crippen molar-refractivity contribution in [3.63, 3.8) is 0 Å². The van der Waals surface area contributed by atoms with Gasteiger partial charge in [0, 0.05) is 24.7 Å². The number of hydrogen-bond donors (Lipinski definition) is 0. The van der Waals surface area contributed by atoms with Gasteiger partial charge in [0.05, 0.1) is 31.1 Å². The first-order valence-corrected chi connectivity index (χ1v) is 8.67. The Labute approximate surface area is 147 Å². The monoisotopic (exact) mass is 341 g/mol. The van der Waals surface area contributed by atoms with Crippen LogP contribution in [0.15, 0.2) is 24.4 Å². The van der Waals surface area contributed by atoms with Crippen LogP contribution in [0.5, 0.6) is 11.5 Å². The van der Waals surface area contributed by atoms with Crippen LogP contribution in [0.1, 0.15) is 41.9 Å². The number of carbonyl (C=O) groups is 1. The number of fused-ring (bicyclic) bond motifs is 2. The van der Waals surface area contributed by atoms with Crippen LogP contribution in [0.25, 0.3) is 0 Å². The van der Waals surface area contributed by atoms with Crippen molar-refractivity contribution < 1.29 is 14.3 Å². The van der Waals surface area contributed by atoms with E-state index in [0.717, 1.165) is 47.7 Å². The number of methoxy groups -OCH3 is 1. The second kappa shape index (κ2) is 5.79. The van der Waals surface area contributed by atoms with Gasteiger partial charge in [-0.25, -0.2) is 0 Å². The van der Waals surface area contributed by atoms with Gasteiger partial charge in [0.2, 0.25) is 0 Å². The molecule has 0 N–H and O–H groups in total. The minimum Gasteiger partial charge on any atom is -0.497 e. The van der Waals surface area contributed by atoms with Crippen LogP contribution in [0, 0.1) is 0 Å². The highest BCUT2D eigenvalue weighted by molar-refractivity contribution is 5.95. The van der Waals surface area contributed by atoms with Gasteiger partial charge in [-0.05, 0) is 38.8 Å². The van der Waals surface area contributed by atoms with Gasteiger partial charge in [0.15, 0.2) is 0 Å². The lowest BCUT2D eigenvalue weighted by Gasteiger charge is -2.29. The Hall–Kier alpha value is -2.50. The van der Waals surface area contributed by atoms with Crippen molar-refractivity contribution >= 4 is 5.91 Å². The molecule has 0 aliphatic carbocycles. The zero-order chi connectivity index (χ0) is 17.6. The van der Waals surface area contributed by atoms with Crippen molar-refractivity contribution in [2.24, 2.45) is 0 Å². The van der Waals surface area contributed by atoms with Crippen molar-refractivity contribution in [2.75, 3.05) is 13.7 Å². The Morgan fingerprint density at radius 3 is 3.00 bits per heavy atom. The van der Waals surface area contributed by atoms with E-state index >= 15 is 0 Å². The molecule has 1 amide bonds. The molecule has 2 aromatic rings. The van der Waals surface area contributed by atoms with E-state index in [1.165, 1.54) is 0 Å². The summed E-state index contributed by atoms with van der Waals surface area (Å²) in [4.78, 5) is 15.1. The van der Waals surface area contributed by atoms with Crippen LogP contribution in [0.2, 0.25) is 0 Å². The fourth-order valence-electron chi connectivity index (χ4n) is 3.69. The lowest BCUT2D eigenvalue weighted by Crippen LogP contribution is -2.43. The standard InChI is InChI=1S/C19H23N3O3/c1-19(2)12-21(11-13-6-7-14(24-3)9-17(13)25-19)18(23)15-10-20-22-8-4-5-16(15)22/h6-7,9-10H,4-5,8,11-12H2,1-3H3. The van der Waals surface area contributed by atoms with Gasteiger partial charge in [-0.1, -0.05) is 0 Å². The van der Waals surface area contributed by atoms with E-state index < -0.39 is 5.60 Å². The minimum atomic E-state index is -0.483. The Kier molecular flexibility index (Phi) is 3.71. The molecule has 0 spiro atoms. The van der Waals surface area contributed by atoms with E-state index in [9.17, 15) is 4.79 Å². The van der Waals surface area contributed by atoms with Crippen LogP contribution in [-0.4, -0.2) is 39.8 Å². The number of aryl methyl sites for hydroxylation is 1. The zero-order valence-corrected chi connectivity index (χ0v) is 14.9. The molecule has 1 aromatic carbocycles. The summed E-state index contributed by atoms with van der Waals surface area (Å²) in [6.07, 6.45) is 3.69. The first-order chi connectivity index (χ1) is 12.0. The second-order valence-electron chi connectivity index (χ2n) is 7.33. The van der Waals surface area contributed by atoms with E-state index in [1.54, 1.807) is 13.3 Å². The van der Waals surface area contributed by atoms with Gasteiger partial charge >= 0.3 is 0 Å². The summed E-state index contributed by atoms with van der Waals surface area (Å²) in [5.41, 5.74) is 2.29. The number of nitrogens with zero attached hydrogens (tertiary/aromatic N) is 3. The second-order valence-corrected chi connectivity index (χ2v) is 7.33. The van der Waals surface area contributed by atoms with Crippen LogP contribution in [-0.2, 0) is 19.5 Å². The predicted molar refractivity (Wildman–Crippen MR) is 93.0 cm³/mol. The van der Waals surface area contributed by atoms with E-state index in [4.69, 9.17) is 9.47 Å². The summed E-state index contributed by atoms with van der Waals surface area (Å²) in [5.74, 6) is 1.56. The maximum Gasteiger partial charge on any atom is 0.257 e. The number of rotatable bonds is 2. The molecule has 4 rings (SSSR count). The molecule has 2 aliphatic rings. The summed E-state index contributed by atoms with van der Waals surface area (Å²) in [5, 5.41) is 4.36. The molecular formula is C19H23N3O3. The Morgan fingerprint density at radius 1 is 1.36 bits per heavy atom. The highest BCUT2D eigenvalue weighted by Crippen LogP contribution is 2.33. The summed E-state index contributed by atoms with van der Waals surface area (Å²) in [6.45, 7) is 5.95. The predicted octanol–water partition coefficient (Wildman–Crippen LogP) is 2.65. The molecule has 1 aromatic heterocycles. The van der Waals surface area contributed by atoms with Crippen LogP contribution >= 0.6 is 0 Å². The largest absolute Gasteiger partial charge is 0.497 e. The maximum absolute atomic E-state index is 13.2. The fourth-order valence-corrected chi connectivity index (χ4v) is 3.69. The molecule has 3 heterocycles. The molecule has 0 bridgehead atoms. The molecular weight excluding hydrogens is 318 g/mol. The number of aromatic nitrogens is 2. The lowest BCUT2D eigenvalue weighted by molar-refractivity contribution is 0.0499. The summed E-state index contributed by atoms with van der Waals surface area (Å²) < 4.78 is 13.4. The average Bonchev–Trinajstić information content (AvgIpc) is 3.14. The maximum atomic E-state index is 13.2. The Morgan fingerprint density at radius 2 is 2.20 bits per heavy atom. The first-order valence-electron chi connectivity index (χ1n) is 8.67. The van der Waals surface area contributed by atoms with Gasteiger partial charge in [0.1, 0.15) is 17.1 Å². The lowest BCUT2D eigenvalue weighted by atomic mass is 10.1. The van der Waals surface area contributed by atoms with Crippen LogP contribution in [0.3, 0.4) is 0 Å². The molecule has 6 heteroatoms. The third-order valence-corrected chi connectivity index (χ3v) is 4.84. The van der Waals surface area contributed by atoms with Gasteiger partial charge in [0.25, 0.3) is 5.91 Å². The molecule has 0 fully saturated rings. The molecule has 132 valence electrons. The molecule has 2 aliphatic heterocycles. The van der Waals surface area contributed by atoms with E-state index in [1.807, 2.05) is 41.6 Å². The van der Waals surface area contributed by atoms with Crippen molar-refractivity contribution in [2.45, 2.75) is 45.4 Å². The van der Waals surface area contributed by atoms with Gasteiger partial charge in [-0.3, -0.25) is 9.48 Å². The molecule has 0 saturated carbocycles. The summed E-state index contributed by atoms with van der Waals surface area (Å²) in [6, 6.07) is 5.77. The van der Waals surface area contributed by atoms with Crippen LogP contribution in [0.4, 0.5) is 0 Å². The number of ether oxygens (including phenoxy) is 2. The van der Waals surface area contributed by atoms with Gasteiger partial charge in [-0.15, -0.1) is 0 Å². The van der Waals surface area contributed by atoms with E-state index in [-0.39, 0.29) is 5.91 Å². The molecule has 0 radical (unpaired) electrons. The van der Waals surface area contributed by atoms with Crippen LogP contribution < -0.4 is 9.47 Å². The number of amides is 1. The van der Waals surface area contributed by atoms with E-state index in [2.05, 4.69) is 5.10 Å². The highest BCUT2D eigenvalue weighted by Gasteiger charge is 2.34. The molecule has 6 nitrogen and oxygen atoms in total. The van der Waals surface area contributed by atoms with Crippen molar-refractivity contribution in [3.05, 3.63) is 41.2 Å². The van der Waals surface area contributed by atoms with E-state index in [0.29, 0.717) is 13.1 Å². The molecule has 25 heavy (non-hydrogen) atoms. The fraction of sp³-hybridized carbons (Fsp3) is 0.474. The Balaban J connectivity index is 1.68. The minimum absolute atomic E-state index is 0.0310. The summed E-state index contributed by atoms with van der Waals surface area (Å²) >= 11 is 0. The molecule has 0 saturated heterocycles. The van der Waals surface area contributed by atoms with Crippen molar-refractivity contribution in [3.8, 4) is 11.5 Å². The zero-order valence-electron chi connectivity index (χ0n) is 14.9. The average molecular weight is 341 g/mol. The summed E-state index contributed by atoms with van der Waals surface area (Å²) in [7, 11) is 1.64. The van der Waals surface area contributed by atoms with Crippen molar-refractivity contribution in [1.82, 2.24) is 14.7 Å². The quantitative estimate of drug-likeness (QED) is 0.843.